The lowest BCUT2D eigenvalue weighted by Gasteiger charge is -2.28. The average molecular weight is 246 g/mol. The third-order valence-electron chi connectivity index (χ3n) is 2.78. The number of methoxy groups -OCH3 is 1. The predicted octanol–water partition coefficient (Wildman–Crippen LogP) is 0.451. The van der Waals surface area contributed by atoms with Crippen molar-refractivity contribution < 1.29 is 24.4 Å². The van der Waals surface area contributed by atoms with Crippen LogP contribution in [0.2, 0.25) is 0 Å². The molecule has 17 heavy (non-hydrogen) atoms. The van der Waals surface area contributed by atoms with Crippen LogP contribution in [0.3, 0.4) is 0 Å². The topological polar surface area (TPSA) is 68.2 Å². The minimum Gasteiger partial charge on any atom is -0.394 e. The van der Waals surface area contributed by atoms with Crippen LogP contribution in [0.15, 0.2) is 12.7 Å². The van der Waals surface area contributed by atoms with Crippen LogP contribution in [0.4, 0.5) is 0 Å². The van der Waals surface area contributed by atoms with E-state index in [1.54, 1.807) is 19.9 Å². The first kappa shape index (κ1) is 14.6. The monoisotopic (exact) mass is 246 g/mol. The lowest BCUT2D eigenvalue weighted by molar-refractivity contribution is -0.166. The minimum absolute atomic E-state index is 0.172. The molecule has 1 saturated heterocycles. The van der Waals surface area contributed by atoms with E-state index in [4.69, 9.17) is 14.2 Å². The molecule has 0 bridgehead atoms. The second-order valence-corrected chi connectivity index (χ2v) is 4.61. The number of hydrogen-bond acceptors (Lipinski definition) is 5. The van der Waals surface area contributed by atoms with Crippen LogP contribution >= 0.6 is 0 Å². The van der Waals surface area contributed by atoms with Gasteiger partial charge in [0.15, 0.2) is 5.79 Å². The molecule has 5 heteroatoms. The lowest BCUT2D eigenvalue weighted by Crippen LogP contribution is -2.45. The maximum Gasteiger partial charge on any atom is 0.164 e. The van der Waals surface area contributed by atoms with Gasteiger partial charge in [-0.3, -0.25) is 0 Å². The Kier molecular flexibility index (Phi) is 5.09. The number of aliphatic hydroxyl groups is 2. The molecule has 0 aromatic carbocycles. The largest absolute Gasteiger partial charge is 0.394 e. The molecule has 1 aliphatic rings. The van der Waals surface area contributed by atoms with Crippen molar-refractivity contribution in [1.29, 1.82) is 0 Å². The smallest absolute Gasteiger partial charge is 0.164 e. The van der Waals surface area contributed by atoms with Crippen LogP contribution < -0.4 is 0 Å². The van der Waals surface area contributed by atoms with E-state index in [-0.39, 0.29) is 6.61 Å². The molecular formula is C12H22O5. The molecule has 5 nitrogen and oxygen atoms in total. The highest BCUT2D eigenvalue weighted by molar-refractivity contribution is 4.92. The van der Waals surface area contributed by atoms with E-state index in [0.29, 0.717) is 6.42 Å². The first-order valence-corrected chi connectivity index (χ1v) is 5.73. The van der Waals surface area contributed by atoms with Crippen molar-refractivity contribution in [1.82, 2.24) is 0 Å². The number of aliphatic hydroxyl groups excluding tert-OH is 2. The molecule has 0 aromatic heterocycles. The van der Waals surface area contributed by atoms with Crippen LogP contribution in [0.1, 0.15) is 20.3 Å². The molecule has 0 saturated carbocycles. The molecule has 1 rings (SSSR count). The molecule has 4 atom stereocenters. The van der Waals surface area contributed by atoms with E-state index in [1.807, 2.05) is 0 Å². The van der Waals surface area contributed by atoms with Crippen LogP contribution in [-0.2, 0) is 14.2 Å². The lowest BCUT2D eigenvalue weighted by atomic mass is 10.0. The molecule has 1 fully saturated rings. The van der Waals surface area contributed by atoms with Gasteiger partial charge in [-0.25, -0.2) is 0 Å². The quantitative estimate of drug-likeness (QED) is 0.666. The summed E-state index contributed by atoms with van der Waals surface area (Å²) in [6, 6.07) is 0. The van der Waals surface area contributed by atoms with Gasteiger partial charge in [0.1, 0.15) is 18.3 Å². The molecule has 0 amide bonds. The summed E-state index contributed by atoms with van der Waals surface area (Å²) in [4.78, 5) is 0. The van der Waals surface area contributed by atoms with Gasteiger partial charge < -0.3 is 24.4 Å². The van der Waals surface area contributed by atoms with Gasteiger partial charge in [-0.05, 0) is 20.3 Å². The van der Waals surface area contributed by atoms with E-state index in [2.05, 4.69) is 6.58 Å². The van der Waals surface area contributed by atoms with Gasteiger partial charge in [0.25, 0.3) is 0 Å². The van der Waals surface area contributed by atoms with E-state index in [0.717, 1.165) is 0 Å². The number of ether oxygens (including phenoxy) is 3. The Morgan fingerprint density at radius 1 is 1.47 bits per heavy atom. The fraction of sp³-hybridized carbons (Fsp3) is 0.833. The first-order valence-electron chi connectivity index (χ1n) is 5.73. The molecular weight excluding hydrogens is 224 g/mol. The van der Waals surface area contributed by atoms with Crippen molar-refractivity contribution in [3.8, 4) is 0 Å². The highest BCUT2D eigenvalue weighted by Crippen LogP contribution is 2.32. The van der Waals surface area contributed by atoms with Crippen molar-refractivity contribution in [3.63, 3.8) is 0 Å². The molecule has 0 spiro atoms. The number of hydrogen-bond donors (Lipinski definition) is 2. The Morgan fingerprint density at radius 2 is 2.12 bits per heavy atom. The summed E-state index contributed by atoms with van der Waals surface area (Å²) in [5, 5.41) is 19.2. The normalized spacial score (nSPS) is 31.1. The maximum absolute atomic E-state index is 9.94. The Labute approximate surface area is 102 Å². The molecule has 0 aromatic rings. The van der Waals surface area contributed by atoms with Crippen molar-refractivity contribution in [2.24, 2.45) is 0 Å². The first-order chi connectivity index (χ1) is 7.95. The maximum atomic E-state index is 9.94. The number of rotatable bonds is 6. The molecule has 1 heterocycles. The Bertz CT molecular complexity index is 253. The van der Waals surface area contributed by atoms with Gasteiger partial charge in [0.2, 0.25) is 0 Å². The Morgan fingerprint density at radius 3 is 2.59 bits per heavy atom. The molecule has 100 valence electrons. The fourth-order valence-electron chi connectivity index (χ4n) is 2.10. The van der Waals surface area contributed by atoms with E-state index >= 15 is 0 Å². The van der Waals surface area contributed by atoms with E-state index in [1.165, 1.54) is 7.11 Å². The second kappa shape index (κ2) is 5.93. The van der Waals surface area contributed by atoms with Crippen LogP contribution in [0, 0.1) is 0 Å². The summed E-state index contributed by atoms with van der Waals surface area (Å²) in [5.74, 6) is -0.775. The fourth-order valence-corrected chi connectivity index (χ4v) is 2.10. The van der Waals surface area contributed by atoms with Crippen LogP contribution in [0.25, 0.3) is 0 Å². The average Bonchev–Trinajstić information content (AvgIpc) is 2.55. The summed E-state index contributed by atoms with van der Waals surface area (Å²) in [5.41, 5.74) is 0. The van der Waals surface area contributed by atoms with Crippen molar-refractivity contribution in [2.75, 3.05) is 13.7 Å². The van der Waals surface area contributed by atoms with Gasteiger partial charge in [-0.15, -0.1) is 6.58 Å². The van der Waals surface area contributed by atoms with E-state index < -0.39 is 30.2 Å². The van der Waals surface area contributed by atoms with Crippen molar-refractivity contribution >= 4 is 0 Å². The van der Waals surface area contributed by atoms with Gasteiger partial charge in [0, 0.05) is 7.11 Å². The third kappa shape index (κ3) is 3.50. The van der Waals surface area contributed by atoms with Crippen LogP contribution in [0.5, 0.6) is 0 Å². The molecule has 2 N–H and O–H groups in total. The predicted molar refractivity (Wildman–Crippen MR) is 62.5 cm³/mol. The zero-order chi connectivity index (χ0) is 13.1. The SMILES string of the molecule is C=CC[C@H](O)[C@H](OC)[C@H]1OC(C)(C)O[C@H]1CO. The summed E-state index contributed by atoms with van der Waals surface area (Å²) in [6.45, 7) is 6.94. The van der Waals surface area contributed by atoms with Gasteiger partial charge in [-0.1, -0.05) is 6.08 Å². The van der Waals surface area contributed by atoms with E-state index in [9.17, 15) is 10.2 Å². The summed E-state index contributed by atoms with van der Waals surface area (Å²) in [6.07, 6.45) is -0.243. The zero-order valence-electron chi connectivity index (χ0n) is 10.6. The summed E-state index contributed by atoms with van der Waals surface area (Å²) < 4.78 is 16.5. The Balaban J connectivity index is 2.76. The zero-order valence-corrected chi connectivity index (χ0v) is 10.6. The highest BCUT2D eigenvalue weighted by Gasteiger charge is 2.46. The van der Waals surface area contributed by atoms with Crippen LogP contribution in [-0.4, -0.2) is 54.1 Å². The van der Waals surface area contributed by atoms with Crippen molar-refractivity contribution in [2.45, 2.75) is 50.5 Å². The minimum atomic E-state index is -0.775. The highest BCUT2D eigenvalue weighted by atomic mass is 16.8. The molecule has 1 aliphatic heterocycles. The molecule has 0 aliphatic carbocycles. The standard InChI is InChI=1S/C12H22O5/c1-5-6-8(14)10(15-4)11-9(7-13)16-12(2,3)17-11/h5,8-11,13-14H,1,6-7H2,2-4H3/t8-,9-,10-,11-/m0/s1. The summed E-state index contributed by atoms with van der Waals surface area (Å²) >= 11 is 0. The van der Waals surface area contributed by atoms with Gasteiger partial charge >= 0.3 is 0 Å². The van der Waals surface area contributed by atoms with Gasteiger partial charge in [-0.2, -0.15) is 0 Å². The summed E-state index contributed by atoms with van der Waals surface area (Å²) in [7, 11) is 1.50. The third-order valence-corrected chi connectivity index (χ3v) is 2.78. The van der Waals surface area contributed by atoms with Crippen molar-refractivity contribution in [3.05, 3.63) is 12.7 Å². The Hall–Kier alpha value is -0.460. The molecule has 0 radical (unpaired) electrons. The second-order valence-electron chi connectivity index (χ2n) is 4.61. The van der Waals surface area contributed by atoms with Gasteiger partial charge in [0.05, 0.1) is 12.7 Å². The molecule has 0 unspecified atom stereocenters.